The fraction of sp³-hybridized carbons (Fsp3) is 0.600. The van der Waals surface area contributed by atoms with E-state index >= 15 is 0 Å². The Kier molecular flexibility index (Phi) is 6.27. The molecule has 3 heteroatoms. The van der Waals surface area contributed by atoms with Gasteiger partial charge in [-0.2, -0.15) is 0 Å². The van der Waals surface area contributed by atoms with E-state index in [9.17, 15) is 8.78 Å². The van der Waals surface area contributed by atoms with Crippen LogP contribution in [0.1, 0.15) is 51.2 Å². The van der Waals surface area contributed by atoms with E-state index in [4.69, 9.17) is 0 Å². The summed E-state index contributed by atoms with van der Waals surface area (Å²) in [5.41, 5.74) is 1.14. The minimum atomic E-state index is -2.38. The van der Waals surface area contributed by atoms with Gasteiger partial charge in [0.2, 0.25) is 0 Å². The van der Waals surface area contributed by atoms with E-state index in [1.807, 2.05) is 0 Å². The largest absolute Gasteiger partial charge is 0.310 e. The summed E-state index contributed by atoms with van der Waals surface area (Å²) in [6.45, 7) is 7.32. The Morgan fingerprint density at radius 3 is 2.06 bits per heavy atom. The Labute approximate surface area is 109 Å². The van der Waals surface area contributed by atoms with E-state index in [0.29, 0.717) is 12.0 Å². The van der Waals surface area contributed by atoms with Gasteiger partial charge in [-0.25, -0.2) is 8.78 Å². The summed E-state index contributed by atoms with van der Waals surface area (Å²) in [6.07, 6.45) is -0.0558. The molecular weight excluding hydrogens is 232 g/mol. The third-order valence-electron chi connectivity index (χ3n) is 3.62. The Hall–Kier alpha value is -0.960. The van der Waals surface area contributed by atoms with Crippen molar-refractivity contribution in [1.29, 1.82) is 0 Å². The zero-order valence-corrected chi connectivity index (χ0v) is 11.4. The first-order valence-corrected chi connectivity index (χ1v) is 6.68. The van der Waals surface area contributed by atoms with Gasteiger partial charge in [-0.1, -0.05) is 51.0 Å². The van der Waals surface area contributed by atoms with Crippen LogP contribution in [0.15, 0.2) is 24.3 Å². The summed E-state index contributed by atoms with van der Waals surface area (Å²) in [7, 11) is 0. The topological polar surface area (TPSA) is 12.0 Å². The summed E-state index contributed by atoms with van der Waals surface area (Å²) >= 11 is 0. The van der Waals surface area contributed by atoms with Gasteiger partial charge in [0.25, 0.3) is 6.43 Å². The monoisotopic (exact) mass is 255 g/mol. The molecule has 0 aromatic heterocycles. The van der Waals surface area contributed by atoms with Crippen molar-refractivity contribution in [3.8, 4) is 0 Å². The van der Waals surface area contributed by atoms with Crippen LogP contribution in [0.2, 0.25) is 0 Å². The number of halogens is 2. The van der Waals surface area contributed by atoms with E-state index in [2.05, 4.69) is 26.1 Å². The SMILES string of the molecule is CCC(CC)C(C)NCc1ccc(C(F)F)cc1. The standard InChI is InChI=1S/C15H23F2N/c1-4-13(5-2)11(3)18-10-12-6-8-14(9-7-12)15(16)17/h6-9,11,13,15,18H,4-5,10H2,1-3H3. The van der Waals surface area contributed by atoms with E-state index in [-0.39, 0.29) is 5.56 Å². The summed E-state index contributed by atoms with van der Waals surface area (Å²) < 4.78 is 24.8. The molecule has 0 spiro atoms. The fourth-order valence-electron chi connectivity index (χ4n) is 2.22. The van der Waals surface area contributed by atoms with Crippen LogP contribution in [0.3, 0.4) is 0 Å². The zero-order chi connectivity index (χ0) is 13.5. The Morgan fingerprint density at radius 1 is 1.06 bits per heavy atom. The van der Waals surface area contributed by atoms with Gasteiger partial charge in [-0.05, 0) is 18.4 Å². The molecule has 0 amide bonds. The molecule has 0 radical (unpaired) electrons. The van der Waals surface area contributed by atoms with Crippen LogP contribution < -0.4 is 5.32 Å². The number of hydrogen-bond acceptors (Lipinski definition) is 1. The molecule has 0 fully saturated rings. The predicted octanol–water partition coefficient (Wildman–Crippen LogP) is 4.54. The Morgan fingerprint density at radius 2 is 1.61 bits per heavy atom. The molecule has 1 atom stereocenters. The highest BCUT2D eigenvalue weighted by molar-refractivity contribution is 5.23. The zero-order valence-electron chi connectivity index (χ0n) is 11.4. The average molecular weight is 255 g/mol. The lowest BCUT2D eigenvalue weighted by Gasteiger charge is -2.22. The minimum Gasteiger partial charge on any atom is -0.310 e. The van der Waals surface area contributed by atoms with Crippen LogP contribution in [-0.4, -0.2) is 6.04 Å². The quantitative estimate of drug-likeness (QED) is 0.754. The molecule has 0 saturated heterocycles. The van der Waals surface area contributed by atoms with Gasteiger partial charge in [-0.15, -0.1) is 0 Å². The van der Waals surface area contributed by atoms with Crippen molar-refractivity contribution in [2.75, 3.05) is 0 Å². The second kappa shape index (κ2) is 7.47. The molecule has 102 valence electrons. The van der Waals surface area contributed by atoms with Crippen molar-refractivity contribution >= 4 is 0 Å². The lowest BCUT2D eigenvalue weighted by Crippen LogP contribution is -2.32. The highest BCUT2D eigenvalue weighted by Gasteiger charge is 2.12. The molecule has 0 saturated carbocycles. The van der Waals surface area contributed by atoms with E-state index in [1.165, 1.54) is 12.1 Å². The number of nitrogens with one attached hydrogen (secondary N) is 1. The van der Waals surface area contributed by atoms with Crippen molar-refractivity contribution < 1.29 is 8.78 Å². The van der Waals surface area contributed by atoms with Crippen molar-refractivity contribution in [2.45, 2.75) is 52.6 Å². The minimum absolute atomic E-state index is 0.0896. The van der Waals surface area contributed by atoms with Crippen molar-refractivity contribution in [1.82, 2.24) is 5.32 Å². The van der Waals surface area contributed by atoms with Crippen LogP contribution in [0.4, 0.5) is 8.78 Å². The van der Waals surface area contributed by atoms with E-state index in [1.54, 1.807) is 12.1 Å². The number of benzene rings is 1. The van der Waals surface area contributed by atoms with Gasteiger partial charge in [0, 0.05) is 18.2 Å². The number of rotatable bonds is 7. The molecule has 1 rings (SSSR count). The van der Waals surface area contributed by atoms with Crippen molar-refractivity contribution in [2.24, 2.45) is 5.92 Å². The van der Waals surface area contributed by atoms with Gasteiger partial charge >= 0.3 is 0 Å². The summed E-state index contributed by atoms with van der Waals surface area (Å²) in [6, 6.07) is 7.00. The normalized spacial score (nSPS) is 13.3. The van der Waals surface area contributed by atoms with Gasteiger partial charge in [0.1, 0.15) is 0 Å². The van der Waals surface area contributed by atoms with Crippen LogP contribution in [-0.2, 0) is 6.54 Å². The summed E-state index contributed by atoms with van der Waals surface area (Å²) in [5, 5.41) is 3.46. The first-order valence-electron chi connectivity index (χ1n) is 6.68. The Balaban J connectivity index is 2.48. The van der Waals surface area contributed by atoms with Gasteiger partial charge in [0.15, 0.2) is 0 Å². The third-order valence-corrected chi connectivity index (χ3v) is 3.62. The van der Waals surface area contributed by atoms with E-state index < -0.39 is 6.43 Å². The highest BCUT2D eigenvalue weighted by atomic mass is 19.3. The molecule has 1 N–H and O–H groups in total. The van der Waals surface area contributed by atoms with Gasteiger partial charge in [-0.3, -0.25) is 0 Å². The lowest BCUT2D eigenvalue weighted by atomic mass is 9.95. The molecule has 1 aromatic carbocycles. The fourth-order valence-corrected chi connectivity index (χ4v) is 2.22. The molecule has 0 aliphatic rings. The molecule has 1 aromatic rings. The molecule has 1 nitrogen and oxygen atoms in total. The second-order valence-electron chi connectivity index (χ2n) is 4.79. The first kappa shape index (κ1) is 15.1. The molecule has 0 aliphatic carbocycles. The predicted molar refractivity (Wildman–Crippen MR) is 71.8 cm³/mol. The van der Waals surface area contributed by atoms with Gasteiger partial charge < -0.3 is 5.32 Å². The maximum atomic E-state index is 12.4. The van der Waals surface area contributed by atoms with Crippen LogP contribution >= 0.6 is 0 Å². The van der Waals surface area contributed by atoms with Gasteiger partial charge in [0.05, 0.1) is 0 Å². The van der Waals surface area contributed by atoms with Crippen LogP contribution in [0.25, 0.3) is 0 Å². The lowest BCUT2D eigenvalue weighted by molar-refractivity contribution is 0.151. The second-order valence-corrected chi connectivity index (χ2v) is 4.79. The molecule has 18 heavy (non-hydrogen) atoms. The number of hydrogen-bond donors (Lipinski definition) is 1. The molecule has 0 heterocycles. The molecular formula is C15H23F2N. The molecule has 1 unspecified atom stereocenters. The maximum absolute atomic E-state index is 12.4. The van der Waals surface area contributed by atoms with Crippen molar-refractivity contribution in [3.63, 3.8) is 0 Å². The van der Waals surface area contributed by atoms with Crippen molar-refractivity contribution in [3.05, 3.63) is 35.4 Å². The highest BCUT2D eigenvalue weighted by Crippen LogP contribution is 2.19. The molecule has 0 bridgehead atoms. The maximum Gasteiger partial charge on any atom is 0.263 e. The first-order chi connectivity index (χ1) is 8.58. The average Bonchev–Trinajstić information content (AvgIpc) is 2.38. The number of alkyl halides is 2. The summed E-state index contributed by atoms with van der Waals surface area (Å²) in [5.74, 6) is 0.672. The molecule has 0 aliphatic heterocycles. The smallest absolute Gasteiger partial charge is 0.263 e. The van der Waals surface area contributed by atoms with E-state index in [0.717, 1.165) is 24.9 Å². The van der Waals surface area contributed by atoms with Crippen LogP contribution in [0.5, 0.6) is 0 Å². The van der Waals surface area contributed by atoms with Crippen LogP contribution in [0, 0.1) is 5.92 Å². The summed E-state index contributed by atoms with van der Waals surface area (Å²) in [4.78, 5) is 0. The Bertz CT molecular complexity index is 331. The third kappa shape index (κ3) is 4.37.